The first-order valence-electron chi connectivity index (χ1n) is 20.2. The Balaban J connectivity index is 1.30. The summed E-state index contributed by atoms with van der Waals surface area (Å²) in [6.07, 6.45) is 17.6. The number of hydrogen-bond donors (Lipinski definition) is 3. The summed E-state index contributed by atoms with van der Waals surface area (Å²) in [4.78, 5) is 25.7. The number of nitrogens with one attached hydrogen (secondary N) is 1. The van der Waals surface area contributed by atoms with Crippen molar-refractivity contribution < 1.29 is 34.0 Å². The quantitative estimate of drug-likeness (QED) is 0.141. The first-order chi connectivity index (χ1) is 25.3. The van der Waals surface area contributed by atoms with Gasteiger partial charge in [0.1, 0.15) is 18.3 Å². The molecule has 1 aromatic rings. The minimum atomic E-state index is -1.54. The second-order valence-corrected chi connectivity index (χ2v) is 18.2. The number of hydrazine groups is 1. The molecule has 3 N–H and O–H groups in total. The number of benzene rings is 1. The van der Waals surface area contributed by atoms with Crippen LogP contribution in [0.3, 0.4) is 0 Å². The third-order valence-corrected chi connectivity index (χ3v) is 15.2. The van der Waals surface area contributed by atoms with Crippen molar-refractivity contribution in [2.24, 2.45) is 34.0 Å². The molecule has 0 radical (unpaired) electrons. The molecule has 12 atom stereocenters. The Morgan fingerprint density at radius 2 is 1.92 bits per heavy atom. The van der Waals surface area contributed by atoms with Crippen molar-refractivity contribution in [2.75, 3.05) is 13.2 Å². The molecule has 1 spiro atoms. The fourth-order valence-electron chi connectivity index (χ4n) is 13.3. The number of carbonyl (C=O) groups is 2. The maximum atomic E-state index is 13.9. The molecule has 1 saturated heterocycles. The molecular formula is C44H58N2O7. The van der Waals surface area contributed by atoms with E-state index in [1.165, 1.54) is 12.5 Å². The van der Waals surface area contributed by atoms with Crippen LogP contribution >= 0.6 is 0 Å². The predicted octanol–water partition coefficient (Wildman–Crippen LogP) is 6.14. The van der Waals surface area contributed by atoms with Crippen molar-refractivity contribution >= 4 is 11.9 Å². The lowest BCUT2D eigenvalue weighted by Crippen LogP contribution is -2.87. The van der Waals surface area contributed by atoms with E-state index in [2.05, 4.69) is 73.6 Å². The molecule has 4 aliphatic carbocycles. The van der Waals surface area contributed by atoms with Crippen LogP contribution in [0, 0.1) is 46.0 Å². The predicted molar refractivity (Wildman–Crippen MR) is 199 cm³/mol. The highest BCUT2D eigenvalue weighted by molar-refractivity contribution is 5.85. The van der Waals surface area contributed by atoms with Crippen molar-refractivity contribution in [2.45, 2.75) is 140 Å². The van der Waals surface area contributed by atoms with E-state index in [0.717, 1.165) is 56.9 Å². The van der Waals surface area contributed by atoms with Gasteiger partial charge in [-0.05, 0) is 98.5 Å². The van der Waals surface area contributed by atoms with E-state index >= 15 is 0 Å². The molecule has 0 amide bonds. The zero-order chi connectivity index (χ0) is 37.3. The molecule has 1 aromatic carbocycles. The molecule has 9 heteroatoms. The molecule has 3 saturated carbocycles. The second-order valence-electron chi connectivity index (χ2n) is 18.2. The van der Waals surface area contributed by atoms with Gasteiger partial charge in [0.25, 0.3) is 0 Å². The molecule has 4 fully saturated rings. The van der Waals surface area contributed by atoms with Crippen LogP contribution in [0.2, 0.25) is 0 Å². The van der Waals surface area contributed by atoms with Crippen LogP contribution in [0.1, 0.15) is 110 Å². The molecular weight excluding hydrogens is 668 g/mol. The molecule has 9 rings (SSSR count). The van der Waals surface area contributed by atoms with Gasteiger partial charge in [-0.3, -0.25) is 4.79 Å². The number of aliphatic hydroxyl groups excluding tert-OH is 1. The maximum absolute atomic E-state index is 13.9. The van der Waals surface area contributed by atoms with Crippen molar-refractivity contribution in [1.82, 2.24) is 10.4 Å². The van der Waals surface area contributed by atoms with Gasteiger partial charge in [-0.1, -0.05) is 76.1 Å². The highest BCUT2D eigenvalue weighted by Crippen LogP contribution is 2.79. The zero-order valence-electron chi connectivity index (χ0n) is 32.0. The van der Waals surface area contributed by atoms with Gasteiger partial charge < -0.3 is 24.4 Å². The Bertz CT molecular complexity index is 1730. The van der Waals surface area contributed by atoms with E-state index in [1.807, 2.05) is 12.1 Å². The van der Waals surface area contributed by atoms with Gasteiger partial charge in [0, 0.05) is 36.8 Å². The second kappa shape index (κ2) is 13.3. The minimum Gasteiger partial charge on any atom is -0.458 e. The Morgan fingerprint density at radius 3 is 2.68 bits per heavy atom. The fraction of sp³-hybridized carbons (Fsp3) is 0.682. The maximum Gasteiger partial charge on any atom is 0.331 e. The van der Waals surface area contributed by atoms with Crippen LogP contribution in [-0.4, -0.2) is 69.4 Å². The number of ether oxygens (including phenoxy) is 3. The van der Waals surface area contributed by atoms with Gasteiger partial charge in [-0.2, -0.15) is 0 Å². The number of hydrogen-bond acceptors (Lipinski definition) is 9. The SMILES string of the molecule is CC(=O)OC12CC3(C)C=CC(O)(CCC(C)CCCc4ccccc4)C45C(O)CCC(C)(C6CCCC6N(CC#COC34CCC3=CC(=O)OC3)N1)C25. The summed E-state index contributed by atoms with van der Waals surface area (Å²) in [6, 6.07) is 10.7. The molecule has 0 aromatic heterocycles. The fourth-order valence-corrected chi connectivity index (χ4v) is 13.3. The Hall–Kier alpha value is -3.16. The topological polar surface area (TPSA) is 118 Å². The normalized spacial score (nSPS) is 43.8. The number of nitrogens with zero attached hydrogens (tertiary/aromatic N) is 1. The Morgan fingerprint density at radius 1 is 1.11 bits per heavy atom. The highest BCUT2D eigenvalue weighted by atomic mass is 16.6. The van der Waals surface area contributed by atoms with E-state index in [-0.39, 0.29) is 24.5 Å². The van der Waals surface area contributed by atoms with E-state index in [4.69, 9.17) is 14.2 Å². The van der Waals surface area contributed by atoms with Crippen LogP contribution in [0.25, 0.3) is 0 Å². The van der Waals surface area contributed by atoms with Gasteiger partial charge in [-0.25, -0.2) is 15.2 Å². The summed E-state index contributed by atoms with van der Waals surface area (Å²) in [5.74, 6) is 2.59. The third kappa shape index (κ3) is 5.48. The monoisotopic (exact) mass is 726 g/mol. The number of aryl methyl sites for hydroxylation is 1. The molecule has 4 aliphatic heterocycles. The van der Waals surface area contributed by atoms with E-state index in [0.29, 0.717) is 44.6 Å². The number of cyclic esters (lactones) is 1. The van der Waals surface area contributed by atoms with E-state index in [9.17, 15) is 19.8 Å². The summed E-state index contributed by atoms with van der Waals surface area (Å²) in [5, 5.41) is 29.2. The third-order valence-electron chi connectivity index (χ3n) is 15.2. The molecule has 286 valence electrons. The number of fused-ring (bicyclic) bond motifs is 4. The summed E-state index contributed by atoms with van der Waals surface area (Å²) in [7, 11) is 0. The van der Waals surface area contributed by atoms with Crippen LogP contribution < -0.4 is 5.43 Å². The number of carbonyl (C=O) groups excluding carboxylic acids is 2. The standard InChI is InChI=1S/C44H58N2O7/c1-30(11-8-14-32-12-6-5-7-13-32)17-21-41(50)24-23-39(3)29-42(53-31(2)47)38-40(4)20-19-36(48)44(38,41)43(39,22-18-33-27-37(49)51-28-33)52-26-10-25-46(45-42)35-16-9-15-34(35)40/h5-7,12-13,23-24,27,30,34-36,38,45,48,50H,8-9,11,14-22,25,28-29H2,1-4H3. The van der Waals surface area contributed by atoms with E-state index < -0.39 is 51.2 Å². The van der Waals surface area contributed by atoms with Crippen LogP contribution in [-0.2, 0) is 30.2 Å². The molecule has 9 nitrogen and oxygen atoms in total. The van der Waals surface area contributed by atoms with Gasteiger partial charge in [0.2, 0.25) is 0 Å². The van der Waals surface area contributed by atoms with Gasteiger partial charge >= 0.3 is 11.9 Å². The molecule has 4 heterocycles. The Labute approximate surface area is 314 Å². The molecule has 12 unspecified atom stereocenters. The Kier molecular flexibility index (Phi) is 9.20. The largest absolute Gasteiger partial charge is 0.458 e. The minimum absolute atomic E-state index is 0.150. The number of esters is 2. The van der Waals surface area contributed by atoms with Crippen molar-refractivity contribution in [3.8, 4) is 12.0 Å². The van der Waals surface area contributed by atoms with Crippen molar-refractivity contribution in [1.29, 1.82) is 0 Å². The van der Waals surface area contributed by atoms with Crippen LogP contribution in [0.15, 0.2) is 54.1 Å². The number of rotatable bonds is 11. The summed E-state index contributed by atoms with van der Waals surface area (Å²) < 4.78 is 19.3. The summed E-state index contributed by atoms with van der Waals surface area (Å²) in [5.41, 5.74) is -0.569. The number of aliphatic hydroxyl groups is 2. The van der Waals surface area contributed by atoms with Gasteiger partial charge in [0.05, 0.1) is 23.7 Å². The molecule has 6 bridgehead atoms. The smallest absolute Gasteiger partial charge is 0.331 e. The lowest BCUT2D eigenvalue weighted by atomic mass is 9.30. The molecule has 53 heavy (non-hydrogen) atoms. The van der Waals surface area contributed by atoms with Gasteiger partial charge in [-0.15, -0.1) is 0 Å². The lowest BCUT2D eigenvalue weighted by Gasteiger charge is -2.77. The molecule has 8 aliphatic rings. The van der Waals surface area contributed by atoms with Crippen molar-refractivity contribution in [3.05, 3.63) is 59.7 Å². The lowest BCUT2D eigenvalue weighted by molar-refractivity contribution is -0.383. The average Bonchev–Trinajstić information content (AvgIpc) is 3.77. The highest BCUT2D eigenvalue weighted by Gasteiger charge is 2.87. The van der Waals surface area contributed by atoms with Crippen LogP contribution in [0.4, 0.5) is 0 Å². The van der Waals surface area contributed by atoms with Gasteiger partial charge in [0.15, 0.2) is 5.72 Å². The van der Waals surface area contributed by atoms with Crippen molar-refractivity contribution in [3.63, 3.8) is 0 Å². The zero-order valence-corrected chi connectivity index (χ0v) is 32.0. The summed E-state index contributed by atoms with van der Waals surface area (Å²) in [6.45, 7) is 8.82. The average molecular weight is 727 g/mol. The first-order valence-corrected chi connectivity index (χ1v) is 20.2. The summed E-state index contributed by atoms with van der Waals surface area (Å²) >= 11 is 0. The van der Waals surface area contributed by atoms with E-state index in [1.54, 1.807) is 6.08 Å². The first kappa shape index (κ1) is 36.8. The van der Waals surface area contributed by atoms with Crippen LogP contribution in [0.5, 0.6) is 0 Å².